The average Bonchev–Trinajstić information content (AvgIpc) is 3.17. The molecule has 3 aromatic heterocycles. The van der Waals surface area contributed by atoms with E-state index in [1.165, 1.54) is 22.0 Å². The lowest BCUT2D eigenvalue weighted by molar-refractivity contribution is 0.570. The SMILES string of the molecule is CCNS(=O)(=O)c1cc2c(=O)n(Cc3cnc(C)s3)c(=O)n(CC3CC3)c2s1. The van der Waals surface area contributed by atoms with Crippen LogP contribution in [0.5, 0.6) is 0 Å². The zero-order valence-electron chi connectivity index (χ0n) is 15.5. The van der Waals surface area contributed by atoms with Gasteiger partial charge in [-0.3, -0.25) is 13.9 Å². The van der Waals surface area contributed by atoms with Gasteiger partial charge in [0.1, 0.15) is 9.04 Å². The summed E-state index contributed by atoms with van der Waals surface area (Å²) in [5.41, 5.74) is -0.864. The third-order valence-corrected chi connectivity index (χ3v) is 8.67. The Bertz CT molecular complexity index is 1260. The molecule has 0 bridgehead atoms. The highest BCUT2D eigenvalue weighted by Gasteiger charge is 2.27. The van der Waals surface area contributed by atoms with Gasteiger partial charge in [0.25, 0.3) is 5.56 Å². The molecule has 0 aliphatic heterocycles. The molecule has 3 heterocycles. The predicted octanol–water partition coefficient (Wildman–Crippen LogP) is 1.75. The zero-order valence-corrected chi connectivity index (χ0v) is 17.9. The number of thiophene rings is 1. The van der Waals surface area contributed by atoms with Crippen molar-refractivity contribution in [2.45, 2.75) is 44.0 Å². The maximum absolute atomic E-state index is 13.1. The first kappa shape index (κ1) is 19.5. The van der Waals surface area contributed by atoms with Gasteiger partial charge in [0.05, 0.1) is 16.9 Å². The number of hydrogen-bond donors (Lipinski definition) is 1. The topological polar surface area (TPSA) is 103 Å². The number of nitrogens with one attached hydrogen (secondary N) is 1. The number of fused-ring (bicyclic) bond motifs is 1. The van der Waals surface area contributed by atoms with Crippen LogP contribution in [0.15, 0.2) is 26.1 Å². The third-order valence-electron chi connectivity index (χ3n) is 4.59. The smallest absolute Gasteiger partial charge is 0.284 e. The molecule has 0 saturated heterocycles. The highest BCUT2D eigenvalue weighted by atomic mass is 32.2. The molecule has 28 heavy (non-hydrogen) atoms. The monoisotopic (exact) mass is 440 g/mol. The van der Waals surface area contributed by atoms with Crippen molar-refractivity contribution in [1.82, 2.24) is 18.8 Å². The molecule has 1 aliphatic rings. The first-order chi connectivity index (χ1) is 13.3. The van der Waals surface area contributed by atoms with Gasteiger partial charge in [0.2, 0.25) is 10.0 Å². The molecule has 150 valence electrons. The third kappa shape index (κ3) is 3.59. The van der Waals surface area contributed by atoms with Crippen LogP contribution in [0.25, 0.3) is 10.2 Å². The van der Waals surface area contributed by atoms with E-state index in [0.717, 1.165) is 34.1 Å². The number of rotatable bonds is 7. The summed E-state index contributed by atoms with van der Waals surface area (Å²) in [4.78, 5) is 31.6. The van der Waals surface area contributed by atoms with E-state index in [9.17, 15) is 18.0 Å². The first-order valence-corrected chi connectivity index (χ1v) is 12.1. The number of nitrogens with zero attached hydrogens (tertiary/aromatic N) is 3. The molecule has 0 unspecified atom stereocenters. The van der Waals surface area contributed by atoms with Gasteiger partial charge in [-0.25, -0.2) is 22.9 Å². The van der Waals surface area contributed by atoms with Crippen LogP contribution in [0, 0.1) is 12.8 Å². The van der Waals surface area contributed by atoms with Crippen molar-refractivity contribution in [1.29, 1.82) is 0 Å². The molecule has 0 aromatic carbocycles. The van der Waals surface area contributed by atoms with E-state index in [0.29, 0.717) is 17.3 Å². The van der Waals surface area contributed by atoms with Crippen LogP contribution in [0.4, 0.5) is 0 Å². The Morgan fingerprint density at radius 3 is 2.61 bits per heavy atom. The molecule has 11 heteroatoms. The van der Waals surface area contributed by atoms with Gasteiger partial charge < -0.3 is 0 Å². The van der Waals surface area contributed by atoms with Gasteiger partial charge in [-0.15, -0.1) is 22.7 Å². The summed E-state index contributed by atoms with van der Waals surface area (Å²) in [5, 5.41) is 1.12. The van der Waals surface area contributed by atoms with Crippen LogP contribution in [0.3, 0.4) is 0 Å². The van der Waals surface area contributed by atoms with Crippen molar-refractivity contribution in [2.24, 2.45) is 5.92 Å². The predicted molar refractivity (Wildman–Crippen MR) is 110 cm³/mol. The lowest BCUT2D eigenvalue weighted by atomic mass is 10.3. The molecule has 1 fully saturated rings. The average molecular weight is 441 g/mol. The van der Waals surface area contributed by atoms with Gasteiger partial charge in [-0.2, -0.15) is 0 Å². The summed E-state index contributed by atoms with van der Waals surface area (Å²) in [5.74, 6) is 0.397. The molecule has 4 rings (SSSR count). The summed E-state index contributed by atoms with van der Waals surface area (Å²) in [7, 11) is -3.70. The van der Waals surface area contributed by atoms with Gasteiger partial charge in [0, 0.05) is 24.2 Å². The van der Waals surface area contributed by atoms with Crippen LogP contribution in [0.2, 0.25) is 0 Å². The van der Waals surface area contributed by atoms with Crippen LogP contribution in [-0.2, 0) is 23.1 Å². The fourth-order valence-corrected chi connectivity index (χ4v) is 6.38. The van der Waals surface area contributed by atoms with Crippen molar-refractivity contribution in [3.05, 3.63) is 43.0 Å². The quantitative estimate of drug-likeness (QED) is 0.603. The second-order valence-electron chi connectivity index (χ2n) is 6.86. The minimum absolute atomic E-state index is 0.0526. The Morgan fingerprint density at radius 1 is 1.25 bits per heavy atom. The fraction of sp³-hybridized carbons (Fsp3) is 0.471. The molecule has 1 saturated carbocycles. The maximum atomic E-state index is 13.1. The molecule has 3 aromatic rings. The van der Waals surface area contributed by atoms with Crippen molar-refractivity contribution >= 4 is 42.9 Å². The van der Waals surface area contributed by atoms with Crippen LogP contribution < -0.4 is 16.0 Å². The largest absolute Gasteiger partial charge is 0.332 e. The number of hydrogen-bond acceptors (Lipinski definition) is 7. The molecular weight excluding hydrogens is 420 g/mol. The molecule has 1 N–H and O–H groups in total. The molecule has 0 atom stereocenters. The normalized spacial score (nSPS) is 14.8. The minimum atomic E-state index is -3.70. The van der Waals surface area contributed by atoms with Gasteiger partial charge in [-0.05, 0) is 31.7 Å². The summed E-state index contributed by atoms with van der Waals surface area (Å²) < 4.78 is 30.1. The van der Waals surface area contributed by atoms with Gasteiger partial charge >= 0.3 is 5.69 Å². The zero-order chi connectivity index (χ0) is 20.1. The summed E-state index contributed by atoms with van der Waals surface area (Å²) >= 11 is 2.41. The van der Waals surface area contributed by atoms with E-state index < -0.39 is 21.3 Å². The highest BCUT2D eigenvalue weighted by Crippen LogP contribution is 2.33. The molecule has 0 amide bonds. The van der Waals surface area contributed by atoms with E-state index in [2.05, 4.69) is 9.71 Å². The van der Waals surface area contributed by atoms with Crippen LogP contribution in [0.1, 0.15) is 29.7 Å². The molecule has 0 radical (unpaired) electrons. The Balaban J connectivity index is 1.92. The summed E-state index contributed by atoms with van der Waals surface area (Å²) in [6.45, 7) is 4.44. The van der Waals surface area contributed by atoms with E-state index in [1.54, 1.807) is 17.7 Å². The fourth-order valence-electron chi connectivity index (χ4n) is 3.06. The van der Waals surface area contributed by atoms with Crippen molar-refractivity contribution < 1.29 is 8.42 Å². The molecule has 1 aliphatic carbocycles. The Labute approximate surface area is 169 Å². The standard InChI is InChI=1S/C17H20N4O4S3/c1-3-19-28(24,25)14-6-13-15(22)20(9-12-7-18-10(2)26-12)17(23)21(16(13)27-14)8-11-4-5-11/h6-7,11,19H,3-5,8-9H2,1-2H3. The summed E-state index contributed by atoms with van der Waals surface area (Å²) in [6.07, 6.45) is 3.74. The summed E-state index contributed by atoms with van der Waals surface area (Å²) in [6, 6.07) is 1.39. The lowest BCUT2D eigenvalue weighted by Gasteiger charge is -2.10. The van der Waals surface area contributed by atoms with E-state index in [4.69, 9.17) is 0 Å². The van der Waals surface area contributed by atoms with E-state index in [-0.39, 0.29) is 22.7 Å². The van der Waals surface area contributed by atoms with E-state index >= 15 is 0 Å². The molecule has 8 nitrogen and oxygen atoms in total. The first-order valence-electron chi connectivity index (χ1n) is 8.98. The number of sulfonamides is 1. The van der Waals surface area contributed by atoms with Gasteiger partial charge in [0.15, 0.2) is 0 Å². The van der Waals surface area contributed by atoms with Crippen LogP contribution >= 0.6 is 22.7 Å². The van der Waals surface area contributed by atoms with E-state index in [1.807, 2.05) is 6.92 Å². The van der Waals surface area contributed by atoms with Gasteiger partial charge in [-0.1, -0.05) is 6.92 Å². The molecule has 0 spiro atoms. The highest BCUT2D eigenvalue weighted by molar-refractivity contribution is 7.91. The van der Waals surface area contributed by atoms with Crippen molar-refractivity contribution in [2.75, 3.05) is 6.54 Å². The van der Waals surface area contributed by atoms with Crippen molar-refractivity contribution in [3.8, 4) is 0 Å². The number of thiazole rings is 1. The second-order valence-corrected chi connectivity index (χ2v) is 11.2. The number of aryl methyl sites for hydroxylation is 1. The maximum Gasteiger partial charge on any atom is 0.332 e. The number of aromatic nitrogens is 3. The molecular formula is C17H20N4O4S3. The Hall–Kier alpha value is -1.82. The Morgan fingerprint density at radius 2 is 2.00 bits per heavy atom. The second kappa shape index (κ2) is 7.21. The van der Waals surface area contributed by atoms with Crippen molar-refractivity contribution in [3.63, 3.8) is 0 Å². The van der Waals surface area contributed by atoms with Crippen LogP contribution in [-0.4, -0.2) is 29.1 Å². The minimum Gasteiger partial charge on any atom is -0.284 e. The lowest BCUT2D eigenvalue weighted by Crippen LogP contribution is -2.40. The Kier molecular flexibility index (Phi) is 5.02.